The first-order chi connectivity index (χ1) is 11.8. The Labute approximate surface area is 146 Å². The molecule has 132 valence electrons. The van der Waals surface area contributed by atoms with Crippen LogP contribution in [0.5, 0.6) is 0 Å². The van der Waals surface area contributed by atoms with Crippen molar-refractivity contribution in [3.05, 3.63) is 35.9 Å². The number of piperidine rings is 1. The van der Waals surface area contributed by atoms with Crippen molar-refractivity contribution in [3.63, 3.8) is 0 Å². The lowest BCUT2D eigenvalue weighted by Gasteiger charge is -2.34. The van der Waals surface area contributed by atoms with Crippen LogP contribution < -0.4 is 0 Å². The Kier molecular flexibility index (Phi) is 5.21. The summed E-state index contributed by atoms with van der Waals surface area (Å²) in [4.78, 5) is 2.59. The van der Waals surface area contributed by atoms with Gasteiger partial charge >= 0.3 is 0 Å². The second kappa shape index (κ2) is 7.55. The first kappa shape index (κ1) is 16.6. The normalized spacial score (nSPS) is 28.4. The first-order valence-electron chi connectivity index (χ1n) is 9.89. The minimum atomic E-state index is -0.214. The first-order valence-corrected chi connectivity index (χ1v) is 9.89. The number of benzene rings is 1. The zero-order chi connectivity index (χ0) is 16.2. The van der Waals surface area contributed by atoms with Crippen molar-refractivity contribution < 1.29 is 9.47 Å². The third kappa shape index (κ3) is 4.01. The van der Waals surface area contributed by atoms with Crippen LogP contribution in [-0.4, -0.2) is 43.0 Å². The molecule has 2 aliphatic heterocycles. The van der Waals surface area contributed by atoms with Crippen molar-refractivity contribution in [2.75, 3.05) is 26.2 Å². The van der Waals surface area contributed by atoms with Gasteiger partial charge in [-0.25, -0.2) is 0 Å². The van der Waals surface area contributed by atoms with E-state index in [9.17, 15) is 0 Å². The van der Waals surface area contributed by atoms with E-state index in [-0.39, 0.29) is 11.9 Å². The second-order valence-corrected chi connectivity index (χ2v) is 7.96. The van der Waals surface area contributed by atoms with E-state index >= 15 is 0 Å². The molecule has 1 spiro atoms. The van der Waals surface area contributed by atoms with Crippen LogP contribution in [0.25, 0.3) is 0 Å². The number of hydrogen-bond acceptors (Lipinski definition) is 3. The molecule has 1 aromatic carbocycles. The minimum absolute atomic E-state index is 0.214. The molecule has 3 fully saturated rings. The Morgan fingerprint density at radius 3 is 2.50 bits per heavy atom. The summed E-state index contributed by atoms with van der Waals surface area (Å²) in [6.45, 7) is 4.28. The summed E-state index contributed by atoms with van der Waals surface area (Å²) >= 11 is 0. The molecule has 0 aromatic heterocycles. The van der Waals surface area contributed by atoms with Gasteiger partial charge < -0.3 is 14.4 Å². The molecule has 0 bridgehead atoms. The van der Waals surface area contributed by atoms with Crippen LogP contribution in [0.15, 0.2) is 30.3 Å². The summed E-state index contributed by atoms with van der Waals surface area (Å²) in [6.07, 6.45) is 10.2. The third-order valence-electron chi connectivity index (χ3n) is 6.07. The molecule has 0 amide bonds. The molecule has 0 N–H and O–H groups in total. The Balaban J connectivity index is 1.21. The van der Waals surface area contributed by atoms with E-state index in [0.717, 1.165) is 31.9 Å². The van der Waals surface area contributed by atoms with Crippen molar-refractivity contribution in [3.8, 4) is 0 Å². The topological polar surface area (TPSA) is 21.7 Å². The molecular weight excluding hydrogens is 298 g/mol. The summed E-state index contributed by atoms with van der Waals surface area (Å²) in [5.41, 5.74) is 1.49. The minimum Gasteiger partial charge on any atom is -0.347 e. The average molecular weight is 329 g/mol. The summed E-state index contributed by atoms with van der Waals surface area (Å²) in [6, 6.07) is 10.9. The highest BCUT2D eigenvalue weighted by molar-refractivity contribution is 5.15. The highest BCUT2D eigenvalue weighted by Gasteiger charge is 2.42. The lowest BCUT2D eigenvalue weighted by Crippen LogP contribution is -2.41. The number of likely N-dealkylation sites (tertiary alicyclic amines) is 1. The molecule has 3 heteroatoms. The van der Waals surface area contributed by atoms with Crippen molar-refractivity contribution in [2.45, 2.75) is 63.3 Å². The Hall–Kier alpha value is -0.900. The SMILES string of the molecule is c1ccc(CC2CCN(CC3COC4(CCCCC4)O3)CC2)cc1. The van der Waals surface area contributed by atoms with E-state index in [1.165, 1.54) is 57.2 Å². The van der Waals surface area contributed by atoms with Gasteiger partial charge in [-0.05, 0) is 56.7 Å². The Morgan fingerprint density at radius 2 is 1.75 bits per heavy atom. The predicted molar refractivity (Wildman–Crippen MR) is 96.0 cm³/mol. The molecule has 24 heavy (non-hydrogen) atoms. The fourth-order valence-corrected chi connectivity index (χ4v) is 4.67. The van der Waals surface area contributed by atoms with E-state index in [4.69, 9.17) is 9.47 Å². The highest BCUT2D eigenvalue weighted by atomic mass is 16.7. The smallest absolute Gasteiger partial charge is 0.168 e. The number of nitrogens with zero attached hydrogens (tertiary/aromatic N) is 1. The maximum atomic E-state index is 6.35. The van der Waals surface area contributed by atoms with Crippen LogP contribution in [0.2, 0.25) is 0 Å². The van der Waals surface area contributed by atoms with E-state index in [1.54, 1.807) is 0 Å². The molecule has 4 rings (SSSR count). The summed E-state index contributed by atoms with van der Waals surface area (Å²) in [5.74, 6) is 0.628. The number of rotatable bonds is 4. The third-order valence-corrected chi connectivity index (χ3v) is 6.07. The Morgan fingerprint density at radius 1 is 1.00 bits per heavy atom. The lowest BCUT2D eigenvalue weighted by molar-refractivity contribution is -0.188. The van der Waals surface area contributed by atoms with Crippen molar-refractivity contribution >= 4 is 0 Å². The maximum absolute atomic E-state index is 6.35. The predicted octanol–water partition coefficient (Wildman–Crippen LogP) is 4.02. The van der Waals surface area contributed by atoms with Crippen molar-refractivity contribution in [1.82, 2.24) is 4.90 Å². The maximum Gasteiger partial charge on any atom is 0.168 e. The van der Waals surface area contributed by atoms with Gasteiger partial charge in [-0.3, -0.25) is 0 Å². The number of hydrogen-bond donors (Lipinski definition) is 0. The molecular formula is C21H31NO2. The van der Waals surface area contributed by atoms with Crippen molar-refractivity contribution in [1.29, 1.82) is 0 Å². The molecule has 1 aliphatic carbocycles. The van der Waals surface area contributed by atoms with Gasteiger partial charge in [0.15, 0.2) is 5.79 Å². The molecule has 1 saturated carbocycles. The summed E-state index contributed by atoms with van der Waals surface area (Å²) < 4.78 is 12.4. The van der Waals surface area contributed by atoms with Gasteiger partial charge in [-0.2, -0.15) is 0 Å². The van der Waals surface area contributed by atoms with Gasteiger partial charge in [0.05, 0.1) is 12.7 Å². The molecule has 3 aliphatic rings. The fourth-order valence-electron chi connectivity index (χ4n) is 4.67. The molecule has 1 unspecified atom stereocenters. The van der Waals surface area contributed by atoms with Gasteiger partial charge in [0.1, 0.15) is 0 Å². The Bertz CT molecular complexity index is 504. The van der Waals surface area contributed by atoms with Gasteiger partial charge in [-0.1, -0.05) is 36.8 Å². The van der Waals surface area contributed by atoms with E-state index in [0.29, 0.717) is 0 Å². The van der Waals surface area contributed by atoms with Crippen LogP contribution >= 0.6 is 0 Å². The van der Waals surface area contributed by atoms with Gasteiger partial charge in [0.25, 0.3) is 0 Å². The van der Waals surface area contributed by atoms with Crippen LogP contribution in [0, 0.1) is 5.92 Å². The average Bonchev–Trinajstić information content (AvgIpc) is 3.00. The molecule has 1 aromatic rings. The summed E-state index contributed by atoms with van der Waals surface area (Å²) in [7, 11) is 0. The standard InChI is InChI=1S/C21H31NO2/c1-3-7-18(8-4-1)15-19-9-13-22(14-10-19)16-20-17-23-21(24-20)11-5-2-6-12-21/h1,3-4,7-8,19-20H,2,5-6,9-17H2. The van der Waals surface area contributed by atoms with Gasteiger partial charge in [0.2, 0.25) is 0 Å². The summed E-state index contributed by atoms with van der Waals surface area (Å²) in [5, 5.41) is 0. The largest absolute Gasteiger partial charge is 0.347 e. The van der Waals surface area contributed by atoms with Gasteiger partial charge in [0, 0.05) is 19.4 Å². The lowest BCUT2D eigenvalue weighted by atomic mass is 9.90. The van der Waals surface area contributed by atoms with Crippen LogP contribution in [-0.2, 0) is 15.9 Å². The highest BCUT2D eigenvalue weighted by Crippen LogP contribution is 2.38. The van der Waals surface area contributed by atoms with E-state index in [1.807, 2.05) is 0 Å². The molecule has 0 radical (unpaired) electrons. The quantitative estimate of drug-likeness (QED) is 0.833. The van der Waals surface area contributed by atoms with Crippen LogP contribution in [0.1, 0.15) is 50.5 Å². The monoisotopic (exact) mass is 329 g/mol. The van der Waals surface area contributed by atoms with Gasteiger partial charge in [-0.15, -0.1) is 0 Å². The molecule has 3 nitrogen and oxygen atoms in total. The second-order valence-electron chi connectivity index (χ2n) is 7.96. The van der Waals surface area contributed by atoms with E-state index in [2.05, 4.69) is 35.2 Å². The van der Waals surface area contributed by atoms with Crippen LogP contribution in [0.4, 0.5) is 0 Å². The molecule has 2 heterocycles. The van der Waals surface area contributed by atoms with E-state index < -0.39 is 0 Å². The zero-order valence-electron chi connectivity index (χ0n) is 14.8. The zero-order valence-corrected chi connectivity index (χ0v) is 14.8. The number of ether oxygens (including phenoxy) is 2. The molecule has 1 atom stereocenters. The molecule has 2 saturated heterocycles. The van der Waals surface area contributed by atoms with Crippen LogP contribution in [0.3, 0.4) is 0 Å². The fraction of sp³-hybridized carbons (Fsp3) is 0.714. The van der Waals surface area contributed by atoms with Crippen molar-refractivity contribution in [2.24, 2.45) is 5.92 Å².